The Balaban J connectivity index is 2.16. The third-order valence-electron chi connectivity index (χ3n) is 2.38. The molecule has 0 aliphatic carbocycles. The molecule has 0 aliphatic rings. The zero-order valence-electron chi connectivity index (χ0n) is 9.25. The van der Waals surface area contributed by atoms with Crippen molar-refractivity contribution < 1.29 is 17.9 Å². The molecule has 1 heterocycles. The summed E-state index contributed by atoms with van der Waals surface area (Å²) in [6.07, 6.45) is 1.47. The maximum atomic E-state index is 13.4. The third kappa shape index (κ3) is 2.70. The molecule has 2 rings (SSSR count). The summed E-state index contributed by atoms with van der Waals surface area (Å²) in [4.78, 5) is 0. The van der Waals surface area contributed by atoms with Crippen molar-refractivity contribution in [1.29, 1.82) is 0 Å². The van der Waals surface area contributed by atoms with Gasteiger partial charge in [0.1, 0.15) is 12.4 Å². The minimum Gasteiger partial charge on any atom is -0.482 e. The molecule has 6 heteroatoms. The molecule has 1 aromatic heterocycles. The molecule has 2 aromatic rings. The third-order valence-corrected chi connectivity index (χ3v) is 2.83. The number of ether oxygens (including phenoxy) is 1. The Kier molecular flexibility index (Phi) is 3.98. The predicted octanol–water partition coefficient (Wildman–Crippen LogP) is 3.36. The zero-order chi connectivity index (χ0) is 13.1. The van der Waals surface area contributed by atoms with Crippen LogP contribution in [0.25, 0.3) is 0 Å². The average Bonchev–Trinajstić information content (AvgIpc) is 2.79. The van der Waals surface area contributed by atoms with E-state index in [4.69, 9.17) is 14.9 Å². The Morgan fingerprint density at radius 3 is 2.83 bits per heavy atom. The maximum Gasteiger partial charge on any atom is 0.200 e. The number of halogens is 3. The zero-order valence-corrected chi connectivity index (χ0v) is 10.8. The van der Waals surface area contributed by atoms with Gasteiger partial charge in [-0.3, -0.25) is 0 Å². The Hall–Kier alpha value is -1.40. The summed E-state index contributed by atoms with van der Waals surface area (Å²) < 4.78 is 37.3. The SMILES string of the molecule is NCc1ccoc1COc1cc(Br)cc(F)c1F. The molecule has 0 aliphatic heterocycles. The summed E-state index contributed by atoms with van der Waals surface area (Å²) >= 11 is 3.06. The van der Waals surface area contributed by atoms with Crippen molar-refractivity contribution in [2.75, 3.05) is 0 Å². The molecule has 1 aromatic carbocycles. The van der Waals surface area contributed by atoms with Crippen LogP contribution in [0.3, 0.4) is 0 Å². The molecule has 0 unspecified atom stereocenters. The molecule has 2 N–H and O–H groups in total. The summed E-state index contributed by atoms with van der Waals surface area (Å²) in [5.41, 5.74) is 6.25. The minimum absolute atomic E-state index is 0.00759. The largest absolute Gasteiger partial charge is 0.482 e. The van der Waals surface area contributed by atoms with Crippen LogP contribution in [0.15, 0.2) is 33.4 Å². The first-order valence-corrected chi connectivity index (χ1v) is 5.93. The molecule has 0 amide bonds. The van der Waals surface area contributed by atoms with E-state index in [0.717, 1.165) is 11.6 Å². The van der Waals surface area contributed by atoms with E-state index in [2.05, 4.69) is 15.9 Å². The summed E-state index contributed by atoms with van der Waals surface area (Å²) in [6.45, 7) is 0.289. The standard InChI is InChI=1S/C12H10BrF2NO2/c13-8-3-9(14)12(15)10(4-8)18-6-11-7(5-16)1-2-17-11/h1-4H,5-6,16H2. The van der Waals surface area contributed by atoms with Gasteiger partial charge in [-0.2, -0.15) is 4.39 Å². The van der Waals surface area contributed by atoms with Crippen LogP contribution in [0.4, 0.5) is 8.78 Å². The maximum absolute atomic E-state index is 13.4. The Morgan fingerprint density at radius 1 is 1.33 bits per heavy atom. The molecule has 3 nitrogen and oxygen atoms in total. The molecule has 0 radical (unpaired) electrons. The molecular weight excluding hydrogens is 308 g/mol. The monoisotopic (exact) mass is 317 g/mol. The van der Waals surface area contributed by atoms with Crippen LogP contribution >= 0.6 is 15.9 Å². The van der Waals surface area contributed by atoms with Gasteiger partial charge in [0.2, 0.25) is 5.82 Å². The van der Waals surface area contributed by atoms with Crippen molar-refractivity contribution in [1.82, 2.24) is 0 Å². The van der Waals surface area contributed by atoms with Crippen LogP contribution in [0.1, 0.15) is 11.3 Å². The number of hydrogen-bond donors (Lipinski definition) is 1. The second kappa shape index (κ2) is 5.49. The van der Waals surface area contributed by atoms with E-state index in [1.165, 1.54) is 12.3 Å². The van der Waals surface area contributed by atoms with Crippen LogP contribution in [-0.4, -0.2) is 0 Å². The quantitative estimate of drug-likeness (QED) is 0.880. The molecule has 0 atom stereocenters. The van der Waals surface area contributed by atoms with E-state index in [9.17, 15) is 8.78 Å². The molecule has 18 heavy (non-hydrogen) atoms. The fourth-order valence-electron chi connectivity index (χ4n) is 1.46. The second-order valence-electron chi connectivity index (χ2n) is 3.56. The van der Waals surface area contributed by atoms with Crippen LogP contribution < -0.4 is 10.5 Å². The predicted molar refractivity (Wildman–Crippen MR) is 65.0 cm³/mol. The summed E-state index contributed by atoms with van der Waals surface area (Å²) in [6, 6.07) is 4.08. The molecule has 0 saturated heterocycles. The summed E-state index contributed by atoms with van der Waals surface area (Å²) in [5.74, 6) is -1.68. The molecule has 96 valence electrons. The van der Waals surface area contributed by atoms with E-state index in [1.807, 2.05) is 0 Å². The highest BCUT2D eigenvalue weighted by atomic mass is 79.9. The Bertz CT molecular complexity index is 557. The highest BCUT2D eigenvalue weighted by Crippen LogP contribution is 2.26. The molecular formula is C12H10BrF2NO2. The van der Waals surface area contributed by atoms with Crippen LogP contribution in [0.2, 0.25) is 0 Å². The highest BCUT2D eigenvalue weighted by molar-refractivity contribution is 9.10. The van der Waals surface area contributed by atoms with Gasteiger partial charge in [0, 0.05) is 16.6 Å². The fourth-order valence-corrected chi connectivity index (χ4v) is 1.87. The molecule has 0 saturated carbocycles. The van der Waals surface area contributed by atoms with E-state index in [1.54, 1.807) is 6.07 Å². The van der Waals surface area contributed by atoms with Gasteiger partial charge in [-0.05, 0) is 18.2 Å². The second-order valence-corrected chi connectivity index (χ2v) is 4.48. The summed E-state index contributed by atoms with van der Waals surface area (Å²) in [7, 11) is 0. The Morgan fingerprint density at radius 2 is 2.11 bits per heavy atom. The van der Waals surface area contributed by atoms with Gasteiger partial charge in [-0.1, -0.05) is 15.9 Å². The van der Waals surface area contributed by atoms with Crippen LogP contribution in [-0.2, 0) is 13.2 Å². The first-order valence-electron chi connectivity index (χ1n) is 5.14. The lowest BCUT2D eigenvalue weighted by Crippen LogP contribution is -2.03. The topological polar surface area (TPSA) is 48.4 Å². The van der Waals surface area contributed by atoms with Crippen LogP contribution in [0.5, 0.6) is 5.75 Å². The van der Waals surface area contributed by atoms with Gasteiger partial charge < -0.3 is 14.9 Å². The van der Waals surface area contributed by atoms with Crippen molar-refractivity contribution in [2.45, 2.75) is 13.2 Å². The van der Waals surface area contributed by atoms with Crippen molar-refractivity contribution in [3.63, 3.8) is 0 Å². The number of benzene rings is 1. The van der Waals surface area contributed by atoms with Crippen molar-refractivity contribution in [3.05, 3.63) is 51.9 Å². The van der Waals surface area contributed by atoms with E-state index in [-0.39, 0.29) is 12.4 Å². The summed E-state index contributed by atoms with van der Waals surface area (Å²) in [5, 5.41) is 0. The molecule has 0 spiro atoms. The molecule has 0 bridgehead atoms. The fraction of sp³-hybridized carbons (Fsp3) is 0.167. The van der Waals surface area contributed by atoms with Gasteiger partial charge in [0.25, 0.3) is 0 Å². The van der Waals surface area contributed by atoms with E-state index in [0.29, 0.717) is 16.8 Å². The highest BCUT2D eigenvalue weighted by Gasteiger charge is 2.13. The average molecular weight is 318 g/mol. The number of furan rings is 1. The number of rotatable bonds is 4. The normalized spacial score (nSPS) is 10.7. The lowest BCUT2D eigenvalue weighted by molar-refractivity contribution is 0.253. The van der Waals surface area contributed by atoms with Crippen molar-refractivity contribution in [2.24, 2.45) is 5.73 Å². The minimum atomic E-state index is -1.03. The lowest BCUT2D eigenvalue weighted by Gasteiger charge is -2.07. The van der Waals surface area contributed by atoms with Gasteiger partial charge >= 0.3 is 0 Å². The van der Waals surface area contributed by atoms with Gasteiger partial charge in [0.05, 0.1) is 6.26 Å². The Labute approximate surface area is 111 Å². The van der Waals surface area contributed by atoms with Crippen LogP contribution in [0, 0.1) is 11.6 Å². The van der Waals surface area contributed by atoms with Gasteiger partial charge in [-0.25, -0.2) is 4.39 Å². The smallest absolute Gasteiger partial charge is 0.200 e. The number of hydrogen-bond acceptors (Lipinski definition) is 3. The van der Waals surface area contributed by atoms with E-state index >= 15 is 0 Å². The number of nitrogens with two attached hydrogens (primary N) is 1. The molecule has 0 fully saturated rings. The first-order chi connectivity index (χ1) is 8.61. The van der Waals surface area contributed by atoms with E-state index < -0.39 is 11.6 Å². The van der Waals surface area contributed by atoms with Crippen molar-refractivity contribution in [3.8, 4) is 5.75 Å². The van der Waals surface area contributed by atoms with Crippen molar-refractivity contribution >= 4 is 15.9 Å². The van der Waals surface area contributed by atoms with Gasteiger partial charge in [0.15, 0.2) is 11.6 Å². The van der Waals surface area contributed by atoms with Gasteiger partial charge in [-0.15, -0.1) is 0 Å². The first kappa shape index (κ1) is 13.0. The lowest BCUT2D eigenvalue weighted by atomic mass is 10.2.